The Balaban J connectivity index is 1.27. The van der Waals surface area contributed by atoms with Crippen LogP contribution in [0.3, 0.4) is 0 Å². The molecule has 4 rings (SSSR count). The highest BCUT2D eigenvalue weighted by Crippen LogP contribution is 2.20. The number of amides is 1. The number of aromatic nitrogens is 2. The lowest BCUT2D eigenvalue weighted by Gasteiger charge is -2.31. The lowest BCUT2D eigenvalue weighted by Crippen LogP contribution is -2.43. The van der Waals surface area contributed by atoms with Crippen molar-refractivity contribution in [2.24, 2.45) is 0 Å². The number of ether oxygens (including phenoxy) is 2. The van der Waals surface area contributed by atoms with Crippen LogP contribution in [-0.2, 0) is 4.79 Å². The van der Waals surface area contributed by atoms with E-state index >= 15 is 0 Å². The monoisotopic (exact) mass is 381 g/mol. The van der Waals surface area contributed by atoms with E-state index in [4.69, 9.17) is 9.47 Å². The second kappa shape index (κ2) is 8.21. The molecular weight excluding hydrogens is 361 g/mol. The van der Waals surface area contributed by atoms with Crippen LogP contribution >= 0.6 is 0 Å². The highest BCUT2D eigenvalue weighted by atomic mass is 19.1. The molecule has 1 aliphatic heterocycles. The number of fused-ring (bicyclic) bond motifs is 1. The highest BCUT2D eigenvalue weighted by Gasteiger charge is 2.24. The normalized spacial score (nSPS) is 14.8. The maximum atomic E-state index is 13.6. The summed E-state index contributed by atoms with van der Waals surface area (Å²) >= 11 is 0. The number of piperidine rings is 1. The van der Waals surface area contributed by atoms with Crippen molar-refractivity contribution in [3.8, 4) is 11.6 Å². The van der Waals surface area contributed by atoms with Gasteiger partial charge in [-0.25, -0.2) is 14.4 Å². The van der Waals surface area contributed by atoms with Gasteiger partial charge in [0.25, 0.3) is 5.91 Å². The molecule has 7 heteroatoms. The zero-order valence-corrected chi connectivity index (χ0v) is 15.3. The summed E-state index contributed by atoms with van der Waals surface area (Å²) in [6, 6.07) is 13.7. The summed E-state index contributed by atoms with van der Waals surface area (Å²) in [6.07, 6.45) is 2.99. The minimum absolute atomic E-state index is 0.0213. The molecular formula is C21H20FN3O3. The maximum Gasteiger partial charge on any atom is 0.260 e. The van der Waals surface area contributed by atoms with Gasteiger partial charge in [0.05, 0.1) is 17.2 Å². The molecule has 0 atom stereocenters. The summed E-state index contributed by atoms with van der Waals surface area (Å²) in [7, 11) is 0. The van der Waals surface area contributed by atoms with Gasteiger partial charge in [-0.2, -0.15) is 0 Å². The largest absolute Gasteiger partial charge is 0.481 e. The van der Waals surface area contributed by atoms with Crippen LogP contribution in [-0.4, -0.2) is 46.6 Å². The molecule has 3 aromatic rings. The SMILES string of the molecule is O=C(COc1ccccc1F)N1CCC(Oc2cnc3ccccc3n2)CC1. The molecule has 1 aliphatic rings. The first-order chi connectivity index (χ1) is 13.7. The highest BCUT2D eigenvalue weighted by molar-refractivity contribution is 5.78. The van der Waals surface area contributed by atoms with E-state index in [9.17, 15) is 9.18 Å². The predicted octanol–water partition coefficient (Wildman–Crippen LogP) is 3.22. The van der Waals surface area contributed by atoms with E-state index in [-0.39, 0.29) is 24.4 Å². The zero-order chi connectivity index (χ0) is 19.3. The van der Waals surface area contributed by atoms with E-state index in [0.29, 0.717) is 31.8 Å². The van der Waals surface area contributed by atoms with E-state index in [0.717, 1.165) is 11.0 Å². The molecule has 0 radical (unpaired) electrons. The topological polar surface area (TPSA) is 64.5 Å². The van der Waals surface area contributed by atoms with E-state index in [1.807, 2.05) is 24.3 Å². The third-order valence-electron chi connectivity index (χ3n) is 4.70. The summed E-state index contributed by atoms with van der Waals surface area (Å²) in [5.74, 6) is -0.0542. The molecule has 1 aromatic heterocycles. The van der Waals surface area contributed by atoms with E-state index < -0.39 is 5.82 Å². The summed E-state index contributed by atoms with van der Waals surface area (Å²) in [5, 5.41) is 0. The van der Waals surface area contributed by atoms with Crippen LogP contribution in [0.25, 0.3) is 11.0 Å². The molecule has 0 spiro atoms. The number of para-hydroxylation sites is 3. The molecule has 2 heterocycles. The zero-order valence-electron chi connectivity index (χ0n) is 15.3. The van der Waals surface area contributed by atoms with Crippen molar-refractivity contribution in [1.82, 2.24) is 14.9 Å². The fourth-order valence-corrected chi connectivity index (χ4v) is 3.18. The molecule has 1 amide bonds. The Labute approximate surface area is 161 Å². The molecule has 28 heavy (non-hydrogen) atoms. The Morgan fingerprint density at radius 2 is 1.79 bits per heavy atom. The van der Waals surface area contributed by atoms with Crippen LogP contribution in [0.15, 0.2) is 54.7 Å². The summed E-state index contributed by atoms with van der Waals surface area (Å²) in [4.78, 5) is 22.8. The molecule has 0 unspecified atom stereocenters. The molecule has 0 bridgehead atoms. The number of carbonyl (C=O) groups excluding carboxylic acids is 1. The average Bonchev–Trinajstić information content (AvgIpc) is 2.73. The number of hydrogen-bond acceptors (Lipinski definition) is 5. The maximum absolute atomic E-state index is 13.6. The van der Waals surface area contributed by atoms with Crippen molar-refractivity contribution in [2.45, 2.75) is 18.9 Å². The predicted molar refractivity (Wildman–Crippen MR) is 102 cm³/mol. The molecule has 0 N–H and O–H groups in total. The van der Waals surface area contributed by atoms with Crippen molar-refractivity contribution >= 4 is 16.9 Å². The second-order valence-electron chi connectivity index (χ2n) is 6.61. The number of benzene rings is 2. The molecule has 1 saturated heterocycles. The van der Waals surface area contributed by atoms with E-state index in [1.54, 1.807) is 23.2 Å². The standard InChI is InChI=1S/C21H20FN3O3/c22-16-5-1-4-8-19(16)27-14-21(26)25-11-9-15(10-12-25)28-20-13-23-17-6-2-3-7-18(17)24-20/h1-8,13,15H,9-12,14H2. The Kier molecular flexibility index (Phi) is 5.32. The minimum Gasteiger partial charge on any atom is -0.481 e. The molecule has 2 aromatic carbocycles. The fraction of sp³-hybridized carbons (Fsp3) is 0.286. The van der Waals surface area contributed by atoms with Crippen LogP contribution in [0, 0.1) is 5.82 Å². The molecule has 1 fully saturated rings. The smallest absolute Gasteiger partial charge is 0.260 e. The van der Waals surface area contributed by atoms with Crippen LogP contribution in [0.5, 0.6) is 11.6 Å². The summed E-state index contributed by atoms with van der Waals surface area (Å²) in [6.45, 7) is 0.943. The number of halogens is 1. The molecule has 144 valence electrons. The average molecular weight is 381 g/mol. The Morgan fingerprint density at radius 1 is 1.07 bits per heavy atom. The Hall–Kier alpha value is -3.22. The van der Waals surface area contributed by atoms with Crippen molar-refractivity contribution in [2.75, 3.05) is 19.7 Å². The van der Waals surface area contributed by atoms with Gasteiger partial charge in [-0.15, -0.1) is 0 Å². The summed E-state index contributed by atoms with van der Waals surface area (Å²) < 4.78 is 24.8. The summed E-state index contributed by atoms with van der Waals surface area (Å²) in [5.41, 5.74) is 1.61. The third-order valence-corrected chi connectivity index (χ3v) is 4.70. The molecule has 0 aliphatic carbocycles. The van der Waals surface area contributed by atoms with Crippen molar-refractivity contribution < 1.29 is 18.7 Å². The van der Waals surface area contributed by atoms with Crippen molar-refractivity contribution in [1.29, 1.82) is 0 Å². The van der Waals surface area contributed by atoms with Gasteiger partial charge >= 0.3 is 0 Å². The van der Waals surface area contributed by atoms with Gasteiger partial charge in [0, 0.05) is 25.9 Å². The molecule has 6 nitrogen and oxygen atoms in total. The van der Waals surface area contributed by atoms with Gasteiger partial charge in [-0.3, -0.25) is 4.79 Å². The van der Waals surface area contributed by atoms with Crippen LogP contribution in [0.2, 0.25) is 0 Å². The van der Waals surface area contributed by atoms with Gasteiger partial charge in [0.1, 0.15) is 6.10 Å². The first-order valence-corrected chi connectivity index (χ1v) is 9.22. The number of rotatable bonds is 5. The van der Waals surface area contributed by atoms with Gasteiger partial charge in [-0.05, 0) is 24.3 Å². The molecule has 0 saturated carbocycles. The Bertz CT molecular complexity index is 974. The quantitative estimate of drug-likeness (QED) is 0.679. The lowest BCUT2D eigenvalue weighted by molar-refractivity contribution is -0.135. The van der Waals surface area contributed by atoms with Crippen molar-refractivity contribution in [3.05, 3.63) is 60.5 Å². The Morgan fingerprint density at radius 3 is 2.57 bits per heavy atom. The van der Waals surface area contributed by atoms with Gasteiger partial charge in [-0.1, -0.05) is 24.3 Å². The number of likely N-dealkylation sites (tertiary alicyclic amines) is 1. The van der Waals surface area contributed by atoms with Crippen LogP contribution in [0.4, 0.5) is 4.39 Å². The van der Waals surface area contributed by atoms with Crippen LogP contribution < -0.4 is 9.47 Å². The first-order valence-electron chi connectivity index (χ1n) is 9.22. The van der Waals surface area contributed by atoms with Gasteiger partial charge in [0.15, 0.2) is 18.2 Å². The van der Waals surface area contributed by atoms with Crippen molar-refractivity contribution in [3.63, 3.8) is 0 Å². The minimum atomic E-state index is -0.473. The van der Waals surface area contributed by atoms with E-state index in [2.05, 4.69) is 9.97 Å². The fourth-order valence-electron chi connectivity index (χ4n) is 3.18. The van der Waals surface area contributed by atoms with E-state index in [1.165, 1.54) is 12.1 Å². The second-order valence-corrected chi connectivity index (χ2v) is 6.61. The van der Waals surface area contributed by atoms with Crippen LogP contribution in [0.1, 0.15) is 12.8 Å². The third kappa shape index (κ3) is 4.19. The number of carbonyl (C=O) groups is 1. The van der Waals surface area contributed by atoms with Gasteiger partial charge < -0.3 is 14.4 Å². The first kappa shape index (κ1) is 18.2. The number of nitrogens with zero attached hydrogens (tertiary/aromatic N) is 3. The number of hydrogen-bond donors (Lipinski definition) is 0. The van der Waals surface area contributed by atoms with Gasteiger partial charge in [0.2, 0.25) is 5.88 Å². The lowest BCUT2D eigenvalue weighted by atomic mass is 10.1.